The van der Waals surface area contributed by atoms with E-state index in [2.05, 4.69) is 34.2 Å². The van der Waals surface area contributed by atoms with Gasteiger partial charge >= 0.3 is 12.2 Å². The number of hydrogen-bond donors (Lipinski definition) is 1. The number of ether oxygens (including phenoxy) is 4. The van der Waals surface area contributed by atoms with Crippen LogP contribution in [0.3, 0.4) is 0 Å². The summed E-state index contributed by atoms with van der Waals surface area (Å²) in [6.07, 6.45) is 8.90. The Hall–Kier alpha value is -5.14. The number of carbonyl (C=O) groups excluding carboxylic acids is 2. The first-order valence-corrected chi connectivity index (χ1v) is 19.8. The average molecular weight is 840 g/mol. The molecule has 56 heavy (non-hydrogen) atoms. The van der Waals surface area contributed by atoms with E-state index in [1.165, 1.54) is 13.2 Å². The SMILES string of the molecule is CC.CC.CC(C)(C)OC(=O)N1CC=CCC1.COc1ccc(C#N)c(O)c1CBr.COc1ccc(C#N)c2occ(C3=CCCN(C(=O)OC(C)(C)C)C3)c12. The largest absolute Gasteiger partial charge is 0.506 e. The van der Waals surface area contributed by atoms with Gasteiger partial charge in [0.1, 0.15) is 40.6 Å². The molecule has 0 spiro atoms. The summed E-state index contributed by atoms with van der Waals surface area (Å²) in [5.41, 5.74) is 2.67. The molecule has 5 rings (SSSR count). The Morgan fingerprint density at radius 3 is 1.86 bits per heavy atom. The number of phenolic OH excluding ortho intramolecular Hbond substituents is 1. The lowest BCUT2D eigenvalue weighted by Crippen LogP contribution is -2.39. The topological polar surface area (TPSA) is 158 Å². The van der Waals surface area contributed by atoms with Gasteiger partial charge in [-0.1, -0.05) is 61.9 Å². The first-order chi connectivity index (χ1) is 26.6. The summed E-state index contributed by atoms with van der Waals surface area (Å²) in [4.78, 5) is 27.3. The van der Waals surface area contributed by atoms with Crippen LogP contribution < -0.4 is 9.47 Å². The van der Waals surface area contributed by atoms with Crippen molar-refractivity contribution in [2.24, 2.45) is 0 Å². The van der Waals surface area contributed by atoms with Crippen molar-refractivity contribution < 1.29 is 38.1 Å². The second-order valence-electron chi connectivity index (χ2n) is 13.8. The van der Waals surface area contributed by atoms with E-state index < -0.39 is 11.2 Å². The van der Waals surface area contributed by atoms with Crippen molar-refractivity contribution in [3.8, 4) is 29.4 Å². The van der Waals surface area contributed by atoms with Crippen molar-refractivity contribution in [3.63, 3.8) is 0 Å². The van der Waals surface area contributed by atoms with E-state index >= 15 is 0 Å². The van der Waals surface area contributed by atoms with Gasteiger partial charge in [-0.15, -0.1) is 0 Å². The van der Waals surface area contributed by atoms with Gasteiger partial charge in [-0.05, 0) is 84.2 Å². The highest BCUT2D eigenvalue weighted by molar-refractivity contribution is 9.08. The highest BCUT2D eigenvalue weighted by atomic mass is 79.9. The minimum atomic E-state index is -0.536. The van der Waals surface area contributed by atoms with Crippen molar-refractivity contribution in [2.75, 3.05) is 40.4 Å². The molecule has 2 aliphatic rings. The Bertz CT molecular complexity index is 1870. The number of fused-ring (bicyclic) bond motifs is 1. The standard InChI is InChI=1S/C20H22N2O4.C10H17NO2.C9H8BrNO2.2C2H6/c1-20(2,3)26-19(23)22-9-5-6-14(11-22)15-12-25-18-13(10-21)7-8-16(24-4)17(15)18;1-10(2,3)13-9(12)11-7-5-4-6-8-11;1-13-8-3-2-6(5-11)9(12)7(8)4-10;2*1-2/h6-8,12H,5,9,11H2,1-4H3;4-5H,6-8H2,1-3H3;2-3,12H,4H2,1H3;2*1-2H3. The van der Waals surface area contributed by atoms with Gasteiger partial charge in [0.2, 0.25) is 0 Å². The Morgan fingerprint density at radius 1 is 0.821 bits per heavy atom. The van der Waals surface area contributed by atoms with Gasteiger partial charge in [-0.25, -0.2) is 9.59 Å². The molecular weight excluding hydrogens is 780 g/mol. The van der Waals surface area contributed by atoms with Crippen LogP contribution in [-0.4, -0.2) is 78.7 Å². The summed E-state index contributed by atoms with van der Waals surface area (Å²) in [5, 5.41) is 28.7. The smallest absolute Gasteiger partial charge is 0.410 e. The van der Waals surface area contributed by atoms with E-state index in [0.29, 0.717) is 53.2 Å². The van der Waals surface area contributed by atoms with Crippen LogP contribution in [0.5, 0.6) is 17.2 Å². The summed E-state index contributed by atoms with van der Waals surface area (Å²) in [7, 11) is 3.10. The summed E-state index contributed by atoms with van der Waals surface area (Å²) >= 11 is 3.21. The number of nitriles is 2. The van der Waals surface area contributed by atoms with Gasteiger partial charge in [-0.3, -0.25) is 0 Å². The number of furan rings is 1. The average Bonchev–Trinajstić information content (AvgIpc) is 3.64. The molecule has 1 aromatic heterocycles. The van der Waals surface area contributed by atoms with Gasteiger partial charge in [0.15, 0.2) is 5.58 Å². The number of alkyl halides is 1. The second-order valence-corrected chi connectivity index (χ2v) is 14.3. The third-order valence-electron chi connectivity index (χ3n) is 7.60. The highest BCUT2D eigenvalue weighted by Gasteiger charge is 2.27. The van der Waals surface area contributed by atoms with Crippen LogP contribution in [0.15, 0.2) is 53.2 Å². The van der Waals surface area contributed by atoms with Crippen LogP contribution in [0.25, 0.3) is 16.5 Å². The van der Waals surface area contributed by atoms with Gasteiger partial charge in [-0.2, -0.15) is 10.5 Å². The molecule has 0 atom stereocenters. The molecule has 0 fully saturated rings. The predicted octanol–water partition coefficient (Wildman–Crippen LogP) is 10.7. The van der Waals surface area contributed by atoms with E-state index in [9.17, 15) is 20.0 Å². The molecule has 3 heterocycles. The van der Waals surface area contributed by atoms with Crippen molar-refractivity contribution in [1.82, 2.24) is 9.80 Å². The Morgan fingerprint density at radius 2 is 1.36 bits per heavy atom. The van der Waals surface area contributed by atoms with Crippen LogP contribution in [0.1, 0.15) is 104 Å². The molecule has 0 bridgehead atoms. The number of halogens is 1. The quantitative estimate of drug-likeness (QED) is 0.198. The fourth-order valence-electron chi connectivity index (χ4n) is 5.20. The molecule has 3 aromatic rings. The first-order valence-electron chi connectivity index (χ1n) is 18.7. The molecule has 13 heteroatoms. The number of methoxy groups -OCH3 is 2. The highest BCUT2D eigenvalue weighted by Crippen LogP contribution is 2.38. The molecule has 2 aliphatic heterocycles. The lowest BCUT2D eigenvalue weighted by atomic mass is 9.99. The molecule has 0 saturated carbocycles. The van der Waals surface area contributed by atoms with Gasteiger partial charge in [0, 0.05) is 42.6 Å². The van der Waals surface area contributed by atoms with Crippen LogP contribution in [0.2, 0.25) is 0 Å². The first kappa shape index (κ1) is 48.9. The fraction of sp³-hybridized carbons (Fsp3) is 0.488. The molecule has 2 amide bonds. The molecular formula is C43H59BrN4O8. The lowest BCUT2D eigenvalue weighted by Gasteiger charge is -2.30. The maximum Gasteiger partial charge on any atom is 0.410 e. The maximum atomic E-state index is 12.4. The van der Waals surface area contributed by atoms with Crippen molar-refractivity contribution >= 4 is 44.7 Å². The predicted molar refractivity (Wildman–Crippen MR) is 224 cm³/mol. The molecule has 0 unspecified atom stereocenters. The normalized spacial score (nSPS) is 13.2. The van der Waals surface area contributed by atoms with Gasteiger partial charge < -0.3 is 38.3 Å². The molecule has 1 N–H and O–H groups in total. The third-order valence-corrected chi connectivity index (χ3v) is 8.16. The Kier molecular flexibility index (Phi) is 20.7. The number of hydrogen-bond acceptors (Lipinski definition) is 10. The molecule has 0 saturated heterocycles. The zero-order valence-electron chi connectivity index (χ0n) is 35.0. The van der Waals surface area contributed by atoms with Crippen LogP contribution in [0, 0.1) is 22.7 Å². The molecule has 12 nitrogen and oxygen atoms in total. The minimum Gasteiger partial charge on any atom is -0.506 e. The molecule has 0 aliphatic carbocycles. The van der Waals surface area contributed by atoms with Crippen LogP contribution in [-0.2, 0) is 14.8 Å². The summed E-state index contributed by atoms with van der Waals surface area (Å²) in [6, 6.07) is 10.7. The van der Waals surface area contributed by atoms with Crippen molar-refractivity contribution in [2.45, 2.75) is 98.6 Å². The fourth-order valence-corrected chi connectivity index (χ4v) is 5.74. The van der Waals surface area contributed by atoms with E-state index in [1.807, 2.05) is 81.4 Å². The van der Waals surface area contributed by atoms with E-state index in [1.54, 1.807) is 41.4 Å². The Balaban J connectivity index is 0.000000441. The number of aromatic hydroxyl groups is 1. The number of amides is 2. The number of phenols is 1. The van der Waals surface area contributed by atoms with Gasteiger partial charge in [0.25, 0.3) is 0 Å². The van der Waals surface area contributed by atoms with Gasteiger partial charge in [0.05, 0.1) is 37.0 Å². The summed E-state index contributed by atoms with van der Waals surface area (Å²) in [5.74, 6) is 1.20. The van der Waals surface area contributed by atoms with Crippen molar-refractivity contribution in [1.29, 1.82) is 10.5 Å². The monoisotopic (exact) mass is 838 g/mol. The maximum absolute atomic E-state index is 12.4. The number of rotatable bonds is 4. The van der Waals surface area contributed by atoms with Crippen LogP contribution in [0.4, 0.5) is 9.59 Å². The summed E-state index contributed by atoms with van der Waals surface area (Å²) < 4.78 is 26.8. The molecule has 306 valence electrons. The Labute approximate surface area is 341 Å². The van der Waals surface area contributed by atoms with E-state index in [0.717, 1.165) is 35.9 Å². The minimum absolute atomic E-state index is 0.0151. The van der Waals surface area contributed by atoms with Crippen LogP contribution >= 0.6 is 15.9 Å². The zero-order valence-corrected chi connectivity index (χ0v) is 36.6. The van der Waals surface area contributed by atoms with Crippen molar-refractivity contribution in [3.05, 3.63) is 71.0 Å². The number of nitrogens with zero attached hydrogens (tertiary/aromatic N) is 4. The molecule has 0 radical (unpaired) electrons. The zero-order chi connectivity index (χ0) is 42.6. The third kappa shape index (κ3) is 14.5. The summed E-state index contributed by atoms with van der Waals surface area (Å²) in [6.45, 7) is 21.7. The van der Waals surface area contributed by atoms with E-state index in [-0.39, 0.29) is 23.5 Å². The molecule has 2 aromatic carbocycles. The number of carbonyl (C=O) groups is 2. The lowest BCUT2D eigenvalue weighted by molar-refractivity contribution is 0.0260. The second kappa shape index (κ2) is 23.7. The number of benzene rings is 2. The van der Waals surface area contributed by atoms with E-state index in [4.69, 9.17) is 28.6 Å².